The van der Waals surface area contributed by atoms with E-state index in [4.69, 9.17) is 4.74 Å². The van der Waals surface area contributed by atoms with E-state index in [1.807, 2.05) is 25.1 Å². The van der Waals surface area contributed by atoms with Crippen LogP contribution in [0.1, 0.15) is 33.5 Å². The lowest BCUT2D eigenvalue weighted by molar-refractivity contribution is -0.123. The number of hydrogen-bond donors (Lipinski definition) is 2. The summed E-state index contributed by atoms with van der Waals surface area (Å²) in [7, 11) is 0. The number of aryl methyl sites for hydroxylation is 3. The minimum atomic E-state index is -0.990. The Bertz CT molecular complexity index is 1100. The fraction of sp³-hybridized carbons (Fsp3) is 0.263. The molecule has 0 spiro atoms. The van der Waals surface area contributed by atoms with Crippen molar-refractivity contribution in [2.75, 3.05) is 5.32 Å². The molecule has 8 heteroatoms. The fourth-order valence-electron chi connectivity index (χ4n) is 2.68. The van der Waals surface area contributed by atoms with Gasteiger partial charge in [-0.05, 0) is 51.0 Å². The van der Waals surface area contributed by atoms with Crippen LogP contribution >= 0.6 is 11.3 Å². The molecule has 0 aliphatic carbocycles. The van der Waals surface area contributed by atoms with Crippen LogP contribution in [0.25, 0.3) is 10.2 Å². The summed E-state index contributed by atoms with van der Waals surface area (Å²) in [5.74, 6) is -0.612. The molecule has 0 saturated heterocycles. The summed E-state index contributed by atoms with van der Waals surface area (Å²) >= 11 is 1.08. The van der Waals surface area contributed by atoms with Crippen molar-refractivity contribution >= 4 is 39.1 Å². The van der Waals surface area contributed by atoms with Crippen molar-refractivity contribution in [2.45, 2.75) is 33.8 Å². The summed E-state index contributed by atoms with van der Waals surface area (Å²) < 4.78 is 5.30. The van der Waals surface area contributed by atoms with Gasteiger partial charge in [-0.3, -0.25) is 9.59 Å². The number of aromatic amines is 1. The maximum atomic E-state index is 12.5. The number of hydrogen-bond acceptors (Lipinski definition) is 6. The monoisotopic (exact) mass is 385 g/mol. The number of H-pyrrole nitrogens is 1. The van der Waals surface area contributed by atoms with E-state index in [9.17, 15) is 14.4 Å². The first-order chi connectivity index (χ1) is 12.8. The fourth-order valence-corrected chi connectivity index (χ4v) is 3.79. The molecule has 0 saturated carbocycles. The van der Waals surface area contributed by atoms with Gasteiger partial charge in [0.25, 0.3) is 11.5 Å². The molecule has 0 bridgehead atoms. The highest BCUT2D eigenvalue weighted by Gasteiger charge is 2.24. The van der Waals surface area contributed by atoms with Gasteiger partial charge >= 0.3 is 5.97 Å². The van der Waals surface area contributed by atoms with Crippen LogP contribution in [0.2, 0.25) is 0 Å². The zero-order chi connectivity index (χ0) is 19.7. The summed E-state index contributed by atoms with van der Waals surface area (Å²) in [5.41, 5.74) is 1.84. The Labute approximate surface area is 159 Å². The highest BCUT2D eigenvalue weighted by molar-refractivity contribution is 7.20. The third-order valence-corrected chi connectivity index (χ3v) is 5.21. The van der Waals surface area contributed by atoms with Gasteiger partial charge in [0.1, 0.15) is 15.5 Å². The number of nitrogens with one attached hydrogen (secondary N) is 2. The molecule has 0 unspecified atom stereocenters. The second-order valence-corrected chi connectivity index (χ2v) is 7.29. The van der Waals surface area contributed by atoms with Gasteiger partial charge in [-0.25, -0.2) is 9.78 Å². The molecule has 2 heterocycles. The third kappa shape index (κ3) is 3.90. The number of anilines is 1. The first-order valence-electron chi connectivity index (χ1n) is 8.35. The number of esters is 1. The smallest absolute Gasteiger partial charge is 0.349 e. The summed E-state index contributed by atoms with van der Waals surface area (Å²) in [5, 5.41) is 3.09. The van der Waals surface area contributed by atoms with Gasteiger partial charge in [0.05, 0.1) is 5.39 Å². The SMILES string of the molecule is Cc1cccc(NC(=O)[C@H](C)OC(=O)c2sc3nc(C)[nH]c(=O)c3c2C)c1. The van der Waals surface area contributed by atoms with Gasteiger partial charge in [0.2, 0.25) is 0 Å². The van der Waals surface area contributed by atoms with Crippen molar-refractivity contribution in [3.63, 3.8) is 0 Å². The van der Waals surface area contributed by atoms with E-state index < -0.39 is 18.0 Å². The summed E-state index contributed by atoms with van der Waals surface area (Å²) in [4.78, 5) is 44.5. The number of carbonyl (C=O) groups is 2. The molecule has 1 aromatic carbocycles. The largest absolute Gasteiger partial charge is 0.448 e. The number of rotatable bonds is 4. The van der Waals surface area contributed by atoms with Crippen molar-refractivity contribution in [3.05, 3.63) is 56.4 Å². The van der Waals surface area contributed by atoms with Gasteiger partial charge in [-0.2, -0.15) is 0 Å². The Morgan fingerprint density at radius 2 is 2.00 bits per heavy atom. The molecule has 27 heavy (non-hydrogen) atoms. The molecule has 2 N–H and O–H groups in total. The quantitative estimate of drug-likeness (QED) is 0.672. The number of fused-ring (bicyclic) bond motifs is 1. The number of amides is 1. The highest BCUT2D eigenvalue weighted by atomic mass is 32.1. The predicted molar refractivity (Wildman–Crippen MR) is 104 cm³/mol. The van der Waals surface area contributed by atoms with E-state index in [0.29, 0.717) is 27.3 Å². The zero-order valence-electron chi connectivity index (χ0n) is 15.4. The molecule has 3 aromatic rings. The Morgan fingerprint density at radius 3 is 2.70 bits per heavy atom. The molecule has 0 aliphatic rings. The second-order valence-electron chi connectivity index (χ2n) is 6.29. The van der Waals surface area contributed by atoms with Crippen LogP contribution in [0.4, 0.5) is 5.69 Å². The minimum absolute atomic E-state index is 0.267. The number of ether oxygens (including phenoxy) is 1. The van der Waals surface area contributed by atoms with Crippen molar-refractivity contribution in [3.8, 4) is 0 Å². The lowest BCUT2D eigenvalue weighted by atomic mass is 10.2. The van der Waals surface area contributed by atoms with Gasteiger partial charge in [-0.15, -0.1) is 11.3 Å². The number of aromatic nitrogens is 2. The van der Waals surface area contributed by atoms with Crippen molar-refractivity contribution < 1.29 is 14.3 Å². The van der Waals surface area contributed by atoms with Crippen LogP contribution in [-0.2, 0) is 9.53 Å². The van der Waals surface area contributed by atoms with Crippen LogP contribution in [0.15, 0.2) is 29.1 Å². The van der Waals surface area contributed by atoms with Crippen LogP contribution in [0.3, 0.4) is 0 Å². The molecule has 140 valence electrons. The van der Waals surface area contributed by atoms with E-state index in [2.05, 4.69) is 15.3 Å². The van der Waals surface area contributed by atoms with Crippen molar-refractivity contribution in [1.82, 2.24) is 9.97 Å². The number of benzene rings is 1. The van der Waals surface area contributed by atoms with Gasteiger partial charge in [0, 0.05) is 5.69 Å². The normalized spacial score (nSPS) is 12.0. The molecule has 0 fully saturated rings. The van der Waals surface area contributed by atoms with E-state index in [1.54, 1.807) is 19.9 Å². The lowest BCUT2D eigenvalue weighted by Gasteiger charge is -2.13. The minimum Gasteiger partial charge on any atom is -0.448 e. The van der Waals surface area contributed by atoms with E-state index in [1.165, 1.54) is 6.92 Å². The van der Waals surface area contributed by atoms with Gasteiger partial charge < -0.3 is 15.0 Å². The van der Waals surface area contributed by atoms with Gasteiger partial charge in [-0.1, -0.05) is 12.1 Å². The average molecular weight is 385 g/mol. The molecule has 2 aromatic heterocycles. The standard InChI is InChI=1S/C19H19N3O4S/c1-9-6-5-7-13(8-9)22-16(23)11(3)26-19(25)15-10(2)14-17(24)20-12(4)21-18(14)27-15/h5-8,11H,1-4H3,(H,22,23)(H,20,21,24)/t11-/m0/s1. The van der Waals surface area contributed by atoms with E-state index in [-0.39, 0.29) is 10.4 Å². The molecule has 0 aliphatic heterocycles. The zero-order valence-corrected chi connectivity index (χ0v) is 16.2. The Morgan fingerprint density at radius 1 is 1.26 bits per heavy atom. The number of nitrogens with zero attached hydrogens (tertiary/aromatic N) is 1. The maximum Gasteiger partial charge on any atom is 0.349 e. The number of carbonyl (C=O) groups excluding carboxylic acids is 2. The van der Waals surface area contributed by atoms with Crippen LogP contribution in [-0.4, -0.2) is 27.9 Å². The van der Waals surface area contributed by atoms with Crippen LogP contribution < -0.4 is 10.9 Å². The molecular formula is C19H19N3O4S. The van der Waals surface area contributed by atoms with E-state index >= 15 is 0 Å². The summed E-state index contributed by atoms with van der Waals surface area (Å²) in [6.45, 7) is 6.76. The van der Waals surface area contributed by atoms with Crippen molar-refractivity contribution in [1.29, 1.82) is 0 Å². The van der Waals surface area contributed by atoms with Crippen LogP contribution in [0, 0.1) is 20.8 Å². The predicted octanol–water partition coefficient (Wildman–Crippen LogP) is 3.09. The highest BCUT2D eigenvalue weighted by Crippen LogP contribution is 2.28. The molecular weight excluding hydrogens is 366 g/mol. The number of thiophene rings is 1. The molecule has 3 rings (SSSR count). The Hall–Kier alpha value is -3.00. The Kier molecular flexibility index (Phi) is 5.09. The summed E-state index contributed by atoms with van der Waals surface area (Å²) in [6.07, 6.45) is -0.990. The summed E-state index contributed by atoms with van der Waals surface area (Å²) in [6, 6.07) is 7.33. The molecule has 1 amide bonds. The topological polar surface area (TPSA) is 101 Å². The molecule has 1 atom stereocenters. The van der Waals surface area contributed by atoms with Gasteiger partial charge in [0.15, 0.2) is 6.10 Å². The first kappa shape index (κ1) is 18.8. The maximum absolute atomic E-state index is 12.5. The Balaban J connectivity index is 1.77. The molecule has 0 radical (unpaired) electrons. The average Bonchev–Trinajstić information content (AvgIpc) is 2.91. The second kappa shape index (κ2) is 7.32. The molecule has 7 nitrogen and oxygen atoms in total. The van der Waals surface area contributed by atoms with E-state index in [0.717, 1.165) is 16.9 Å². The van der Waals surface area contributed by atoms with Crippen molar-refractivity contribution in [2.24, 2.45) is 0 Å². The third-order valence-electron chi connectivity index (χ3n) is 4.04. The van der Waals surface area contributed by atoms with Crippen LogP contribution in [0.5, 0.6) is 0 Å². The lowest BCUT2D eigenvalue weighted by Crippen LogP contribution is -2.30. The first-order valence-corrected chi connectivity index (χ1v) is 9.16.